The predicted molar refractivity (Wildman–Crippen MR) is 107 cm³/mol. The SMILES string of the molecule is C#C[C@H]1CC[C@@H](C#N)N1C(=O)CNC1(C)CCC(Oc2ccc(C(F)(F)F)cn2)CC1. The third-order valence-corrected chi connectivity index (χ3v) is 6.07. The topological polar surface area (TPSA) is 78.2 Å². The number of alkyl halides is 3. The molecule has 6 nitrogen and oxygen atoms in total. The summed E-state index contributed by atoms with van der Waals surface area (Å²) in [5.74, 6) is 2.58. The molecular formula is C22H25F3N4O2. The number of nitrogens with one attached hydrogen (secondary N) is 1. The van der Waals surface area contributed by atoms with Gasteiger partial charge in [-0.05, 0) is 51.5 Å². The molecule has 1 saturated heterocycles. The quantitative estimate of drug-likeness (QED) is 0.720. The predicted octanol–water partition coefficient (Wildman–Crippen LogP) is 3.29. The summed E-state index contributed by atoms with van der Waals surface area (Å²) in [6.45, 7) is 2.12. The van der Waals surface area contributed by atoms with Crippen molar-refractivity contribution in [3.63, 3.8) is 0 Å². The zero-order valence-corrected chi connectivity index (χ0v) is 17.3. The van der Waals surface area contributed by atoms with Gasteiger partial charge in [0.05, 0.1) is 24.2 Å². The Morgan fingerprint density at radius 3 is 2.55 bits per heavy atom. The molecule has 31 heavy (non-hydrogen) atoms. The Hall–Kier alpha value is -2.78. The lowest BCUT2D eigenvalue weighted by Gasteiger charge is -2.38. The molecule has 9 heteroatoms. The molecule has 0 radical (unpaired) electrons. The number of nitrogens with zero attached hydrogens (tertiary/aromatic N) is 3. The molecule has 1 aliphatic heterocycles. The van der Waals surface area contributed by atoms with E-state index in [0.29, 0.717) is 25.7 Å². The van der Waals surface area contributed by atoms with Gasteiger partial charge in [-0.25, -0.2) is 4.98 Å². The fourth-order valence-corrected chi connectivity index (χ4v) is 4.14. The van der Waals surface area contributed by atoms with Crippen molar-refractivity contribution in [3.8, 4) is 24.3 Å². The number of ether oxygens (including phenoxy) is 1. The van der Waals surface area contributed by atoms with E-state index in [1.165, 1.54) is 11.0 Å². The van der Waals surface area contributed by atoms with Crippen molar-refractivity contribution in [2.75, 3.05) is 6.54 Å². The van der Waals surface area contributed by atoms with Gasteiger partial charge in [0.1, 0.15) is 12.1 Å². The first-order chi connectivity index (χ1) is 14.6. The van der Waals surface area contributed by atoms with E-state index in [9.17, 15) is 23.2 Å². The number of hydrogen-bond donors (Lipinski definition) is 1. The molecule has 0 spiro atoms. The van der Waals surface area contributed by atoms with E-state index in [2.05, 4.69) is 22.3 Å². The monoisotopic (exact) mass is 434 g/mol. The van der Waals surface area contributed by atoms with Gasteiger partial charge < -0.3 is 15.0 Å². The van der Waals surface area contributed by atoms with Gasteiger partial charge in [-0.15, -0.1) is 6.42 Å². The first-order valence-electron chi connectivity index (χ1n) is 10.3. The summed E-state index contributed by atoms with van der Waals surface area (Å²) in [4.78, 5) is 17.9. The van der Waals surface area contributed by atoms with Crippen molar-refractivity contribution >= 4 is 5.91 Å². The zero-order valence-electron chi connectivity index (χ0n) is 17.3. The number of carbonyl (C=O) groups is 1. The normalized spacial score (nSPS) is 28.6. The van der Waals surface area contributed by atoms with Crippen LogP contribution in [0.15, 0.2) is 18.3 Å². The van der Waals surface area contributed by atoms with E-state index in [-0.39, 0.29) is 36.0 Å². The maximum Gasteiger partial charge on any atom is 0.417 e. The van der Waals surface area contributed by atoms with Crippen LogP contribution in [0.2, 0.25) is 0 Å². The molecule has 1 amide bonds. The Morgan fingerprint density at radius 2 is 2.00 bits per heavy atom. The Morgan fingerprint density at radius 1 is 1.32 bits per heavy atom. The molecule has 1 aromatic heterocycles. The molecule has 166 valence electrons. The van der Waals surface area contributed by atoms with Crippen LogP contribution in [0.1, 0.15) is 51.0 Å². The molecule has 0 aromatic carbocycles. The van der Waals surface area contributed by atoms with Gasteiger partial charge in [0, 0.05) is 17.8 Å². The average Bonchev–Trinajstić information content (AvgIpc) is 3.17. The highest BCUT2D eigenvalue weighted by Crippen LogP contribution is 2.32. The second-order valence-electron chi connectivity index (χ2n) is 8.32. The van der Waals surface area contributed by atoms with Crippen molar-refractivity contribution in [2.24, 2.45) is 0 Å². The minimum Gasteiger partial charge on any atom is -0.474 e. The number of terminal acetylenes is 1. The molecular weight excluding hydrogens is 409 g/mol. The lowest BCUT2D eigenvalue weighted by molar-refractivity contribution is -0.138. The first kappa shape index (κ1) is 22.9. The molecule has 0 unspecified atom stereocenters. The molecule has 0 bridgehead atoms. The van der Waals surface area contributed by atoms with Gasteiger partial charge >= 0.3 is 6.18 Å². The highest BCUT2D eigenvalue weighted by Gasteiger charge is 2.38. The molecule has 3 rings (SSSR count). The summed E-state index contributed by atoms with van der Waals surface area (Å²) in [6.07, 6.45) is 5.73. The van der Waals surface area contributed by atoms with Gasteiger partial charge in [0.15, 0.2) is 0 Å². The molecule has 2 fully saturated rings. The van der Waals surface area contributed by atoms with Crippen LogP contribution in [0.5, 0.6) is 5.88 Å². The molecule has 1 saturated carbocycles. The van der Waals surface area contributed by atoms with E-state index in [1.54, 1.807) is 0 Å². The van der Waals surface area contributed by atoms with E-state index < -0.39 is 17.8 Å². The van der Waals surface area contributed by atoms with Crippen LogP contribution in [0.3, 0.4) is 0 Å². The summed E-state index contributed by atoms with van der Waals surface area (Å²) in [6, 6.07) is 3.51. The van der Waals surface area contributed by atoms with Crippen LogP contribution < -0.4 is 10.1 Å². The fourth-order valence-electron chi connectivity index (χ4n) is 4.14. The Balaban J connectivity index is 1.49. The second kappa shape index (κ2) is 9.15. The van der Waals surface area contributed by atoms with Crippen LogP contribution >= 0.6 is 0 Å². The number of pyridine rings is 1. The summed E-state index contributed by atoms with van der Waals surface area (Å²) >= 11 is 0. The van der Waals surface area contributed by atoms with Crippen molar-refractivity contribution in [3.05, 3.63) is 23.9 Å². The van der Waals surface area contributed by atoms with Crippen molar-refractivity contribution < 1.29 is 22.7 Å². The number of amides is 1. The van der Waals surface area contributed by atoms with Gasteiger partial charge in [-0.2, -0.15) is 18.4 Å². The van der Waals surface area contributed by atoms with Gasteiger partial charge in [0.2, 0.25) is 11.8 Å². The third-order valence-electron chi connectivity index (χ3n) is 6.07. The Kier molecular flexibility index (Phi) is 6.76. The number of hydrogen-bond acceptors (Lipinski definition) is 5. The number of aromatic nitrogens is 1. The fraction of sp³-hybridized carbons (Fsp3) is 0.591. The van der Waals surface area contributed by atoms with Crippen LogP contribution in [0.25, 0.3) is 0 Å². The largest absolute Gasteiger partial charge is 0.474 e. The van der Waals surface area contributed by atoms with Crippen molar-refractivity contribution in [2.45, 2.75) is 75.4 Å². The minimum absolute atomic E-state index is 0.0961. The Labute approximate surface area is 179 Å². The number of rotatable bonds is 5. The maximum atomic E-state index is 12.7. The lowest BCUT2D eigenvalue weighted by Crippen LogP contribution is -2.52. The number of halogens is 3. The number of carbonyl (C=O) groups excluding carboxylic acids is 1. The highest BCUT2D eigenvalue weighted by atomic mass is 19.4. The first-order valence-corrected chi connectivity index (χ1v) is 10.3. The second-order valence-corrected chi connectivity index (χ2v) is 8.32. The van der Waals surface area contributed by atoms with Crippen LogP contribution in [0.4, 0.5) is 13.2 Å². The molecule has 2 aliphatic rings. The zero-order chi connectivity index (χ0) is 22.6. The molecule has 2 atom stereocenters. The molecule has 1 N–H and O–H groups in total. The summed E-state index contributed by atoms with van der Waals surface area (Å²) in [7, 11) is 0. The standard InChI is InChI=1S/C22H25F3N4O2/c1-3-16-5-6-17(12-26)29(16)20(30)14-28-21(2)10-8-18(9-11-21)31-19-7-4-15(13-27-19)22(23,24)25/h1,4,7,13,16-18,28H,5-6,8-11,14H2,2H3/t16-,17-,18?,21?/m0/s1. The van der Waals surface area contributed by atoms with Crippen molar-refractivity contribution in [1.82, 2.24) is 15.2 Å². The van der Waals surface area contributed by atoms with Gasteiger partial charge in [-0.3, -0.25) is 4.79 Å². The van der Waals surface area contributed by atoms with Crippen molar-refractivity contribution in [1.29, 1.82) is 5.26 Å². The summed E-state index contributed by atoms with van der Waals surface area (Å²) in [5.41, 5.74) is -1.09. The maximum absolute atomic E-state index is 12.7. The van der Waals surface area contributed by atoms with E-state index in [1.807, 2.05) is 6.92 Å². The van der Waals surface area contributed by atoms with Gasteiger partial charge in [-0.1, -0.05) is 5.92 Å². The average molecular weight is 434 g/mol. The molecule has 1 aromatic rings. The Bertz CT molecular complexity index is 843. The lowest BCUT2D eigenvalue weighted by atomic mass is 9.82. The summed E-state index contributed by atoms with van der Waals surface area (Å²) < 4.78 is 43.6. The van der Waals surface area contributed by atoms with Gasteiger partial charge in [0.25, 0.3) is 0 Å². The highest BCUT2D eigenvalue weighted by molar-refractivity contribution is 5.80. The van der Waals surface area contributed by atoms with E-state index >= 15 is 0 Å². The summed E-state index contributed by atoms with van der Waals surface area (Å²) in [5, 5.41) is 12.6. The van der Waals surface area contributed by atoms with Crippen LogP contribution in [-0.4, -0.2) is 46.1 Å². The molecule has 2 heterocycles. The van der Waals surface area contributed by atoms with E-state index in [0.717, 1.165) is 25.1 Å². The van der Waals surface area contributed by atoms with Crippen LogP contribution in [0, 0.1) is 23.7 Å². The third kappa shape index (κ3) is 5.48. The van der Waals surface area contributed by atoms with Crippen LogP contribution in [-0.2, 0) is 11.0 Å². The number of likely N-dealkylation sites (tertiary alicyclic amines) is 1. The smallest absolute Gasteiger partial charge is 0.417 e. The number of nitriles is 1. The minimum atomic E-state index is -4.43. The van der Waals surface area contributed by atoms with E-state index in [4.69, 9.17) is 11.2 Å². The molecule has 1 aliphatic carbocycles.